The Bertz CT molecular complexity index is 573. The molecule has 0 spiro atoms. The third kappa shape index (κ3) is 2.96. The number of hydrogen-bond acceptors (Lipinski definition) is 2. The Hall–Kier alpha value is -1.81. The summed E-state index contributed by atoms with van der Waals surface area (Å²) in [5.41, 5.74) is 1.79. The monoisotopic (exact) mass is 260 g/mol. The van der Waals surface area contributed by atoms with E-state index in [1.165, 1.54) is 0 Å². The van der Waals surface area contributed by atoms with Crippen LogP contribution in [0.4, 0.5) is 0 Å². The number of methoxy groups -OCH3 is 1. The second-order valence-corrected chi connectivity index (χ2v) is 4.87. The fraction of sp³-hybridized carbons (Fsp3) is 0.400. The molecule has 0 bridgehead atoms. The first-order chi connectivity index (χ1) is 9.13. The van der Waals surface area contributed by atoms with E-state index < -0.39 is 0 Å². The third-order valence-corrected chi connectivity index (χ3v) is 3.01. The number of nitrogens with one attached hydrogen (secondary N) is 1. The van der Waals surface area contributed by atoms with Gasteiger partial charge in [-0.1, -0.05) is 6.07 Å². The highest BCUT2D eigenvalue weighted by Gasteiger charge is 2.12. The van der Waals surface area contributed by atoms with Crippen LogP contribution in [-0.2, 0) is 11.3 Å². The molecule has 1 amide bonds. The number of benzene rings is 1. The Morgan fingerprint density at radius 3 is 2.84 bits per heavy atom. The smallest absolute Gasteiger partial charge is 0.252 e. The molecule has 0 saturated carbocycles. The molecule has 0 unspecified atom stereocenters. The van der Waals surface area contributed by atoms with Crippen LogP contribution in [0.15, 0.2) is 30.5 Å². The normalized spacial score (nSPS) is 11.2. The van der Waals surface area contributed by atoms with Crippen molar-refractivity contribution in [1.29, 1.82) is 0 Å². The van der Waals surface area contributed by atoms with E-state index in [-0.39, 0.29) is 11.9 Å². The van der Waals surface area contributed by atoms with E-state index in [0.717, 1.165) is 23.0 Å². The van der Waals surface area contributed by atoms with Gasteiger partial charge in [0.15, 0.2) is 0 Å². The zero-order valence-electron chi connectivity index (χ0n) is 11.6. The lowest BCUT2D eigenvalue weighted by Crippen LogP contribution is -2.30. The number of amides is 1. The van der Waals surface area contributed by atoms with Crippen LogP contribution in [0.2, 0.25) is 0 Å². The zero-order valence-corrected chi connectivity index (χ0v) is 11.6. The lowest BCUT2D eigenvalue weighted by molar-refractivity contribution is 0.0945. The van der Waals surface area contributed by atoms with Crippen molar-refractivity contribution in [3.8, 4) is 0 Å². The van der Waals surface area contributed by atoms with Crippen molar-refractivity contribution in [1.82, 2.24) is 9.88 Å². The van der Waals surface area contributed by atoms with Crippen molar-refractivity contribution >= 4 is 16.8 Å². The first-order valence-electron chi connectivity index (χ1n) is 6.51. The topological polar surface area (TPSA) is 43.3 Å². The Labute approximate surface area is 113 Å². The molecule has 1 N–H and O–H groups in total. The van der Waals surface area contributed by atoms with E-state index >= 15 is 0 Å². The van der Waals surface area contributed by atoms with Crippen LogP contribution in [0.3, 0.4) is 0 Å². The molecule has 0 fully saturated rings. The molecule has 2 rings (SSSR count). The van der Waals surface area contributed by atoms with Gasteiger partial charge < -0.3 is 14.6 Å². The van der Waals surface area contributed by atoms with Crippen molar-refractivity contribution in [3.05, 3.63) is 36.0 Å². The van der Waals surface area contributed by atoms with E-state index in [1.807, 2.05) is 44.3 Å². The molecule has 0 radical (unpaired) electrons. The average Bonchev–Trinajstić information content (AvgIpc) is 2.78. The number of hydrogen-bond donors (Lipinski definition) is 1. The van der Waals surface area contributed by atoms with Gasteiger partial charge >= 0.3 is 0 Å². The fourth-order valence-corrected chi connectivity index (χ4v) is 2.15. The lowest BCUT2D eigenvalue weighted by atomic mass is 10.1. The quantitative estimate of drug-likeness (QED) is 0.897. The Kier molecular flexibility index (Phi) is 4.22. The highest BCUT2D eigenvalue weighted by Crippen LogP contribution is 2.20. The van der Waals surface area contributed by atoms with Gasteiger partial charge in [0.2, 0.25) is 0 Å². The maximum atomic E-state index is 12.1. The van der Waals surface area contributed by atoms with E-state index in [0.29, 0.717) is 6.61 Å². The number of rotatable bonds is 5. The van der Waals surface area contributed by atoms with Gasteiger partial charge in [0.25, 0.3) is 5.91 Å². The maximum Gasteiger partial charge on any atom is 0.252 e. The first kappa shape index (κ1) is 13.6. The second kappa shape index (κ2) is 5.89. The summed E-state index contributed by atoms with van der Waals surface area (Å²) in [6.07, 6.45) is 2.00. The van der Waals surface area contributed by atoms with E-state index in [2.05, 4.69) is 9.88 Å². The minimum atomic E-state index is -0.0231. The van der Waals surface area contributed by atoms with Crippen molar-refractivity contribution in [2.75, 3.05) is 13.7 Å². The molecule has 2 aromatic rings. The zero-order chi connectivity index (χ0) is 13.8. The van der Waals surface area contributed by atoms with Crippen molar-refractivity contribution < 1.29 is 9.53 Å². The van der Waals surface area contributed by atoms with E-state index in [4.69, 9.17) is 4.74 Å². The Morgan fingerprint density at radius 2 is 2.16 bits per heavy atom. The number of ether oxygens (including phenoxy) is 1. The van der Waals surface area contributed by atoms with Crippen LogP contribution in [0.25, 0.3) is 10.9 Å². The molecular formula is C15H20N2O2. The fourth-order valence-electron chi connectivity index (χ4n) is 2.15. The third-order valence-electron chi connectivity index (χ3n) is 3.01. The van der Waals surface area contributed by atoms with Crippen LogP contribution in [0.1, 0.15) is 24.2 Å². The summed E-state index contributed by atoms with van der Waals surface area (Å²) in [6.45, 7) is 5.37. The van der Waals surface area contributed by atoms with Gasteiger partial charge in [-0.3, -0.25) is 4.79 Å². The standard InChI is InChI=1S/C15H20N2O2/c1-11(2)16-15(18)13-5-4-6-14-12(13)7-8-17(14)9-10-19-3/h4-8,11H,9-10H2,1-3H3,(H,16,18). The number of carbonyl (C=O) groups is 1. The predicted octanol–water partition coefficient (Wildman–Crippen LogP) is 2.43. The summed E-state index contributed by atoms with van der Waals surface area (Å²) in [5.74, 6) is -0.0231. The van der Waals surface area contributed by atoms with Crippen LogP contribution >= 0.6 is 0 Å². The summed E-state index contributed by atoms with van der Waals surface area (Å²) in [6, 6.07) is 7.93. The molecule has 102 valence electrons. The summed E-state index contributed by atoms with van der Waals surface area (Å²) >= 11 is 0. The highest BCUT2D eigenvalue weighted by molar-refractivity contribution is 6.06. The summed E-state index contributed by atoms with van der Waals surface area (Å²) in [4.78, 5) is 12.1. The maximum absolute atomic E-state index is 12.1. The van der Waals surface area contributed by atoms with Gasteiger partial charge in [0.1, 0.15) is 0 Å². The lowest BCUT2D eigenvalue weighted by Gasteiger charge is -2.10. The molecule has 1 heterocycles. The van der Waals surface area contributed by atoms with Crippen molar-refractivity contribution in [2.24, 2.45) is 0 Å². The predicted molar refractivity (Wildman–Crippen MR) is 76.4 cm³/mol. The van der Waals surface area contributed by atoms with Gasteiger partial charge in [0.05, 0.1) is 6.61 Å². The van der Waals surface area contributed by atoms with Crippen LogP contribution in [-0.4, -0.2) is 30.2 Å². The Balaban J connectivity index is 2.36. The number of aromatic nitrogens is 1. The SMILES string of the molecule is COCCn1ccc2c(C(=O)NC(C)C)cccc21. The molecule has 0 aliphatic rings. The molecule has 1 aromatic carbocycles. The molecule has 19 heavy (non-hydrogen) atoms. The number of nitrogens with zero attached hydrogens (tertiary/aromatic N) is 1. The van der Waals surface area contributed by atoms with Gasteiger partial charge in [0, 0.05) is 42.4 Å². The molecule has 0 saturated heterocycles. The highest BCUT2D eigenvalue weighted by atomic mass is 16.5. The van der Waals surface area contributed by atoms with E-state index in [1.54, 1.807) is 7.11 Å². The molecule has 4 nitrogen and oxygen atoms in total. The molecule has 1 aromatic heterocycles. The van der Waals surface area contributed by atoms with Crippen LogP contribution in [0, 0.1) is 0 Å². The van der Waals surface area contributed by atoms with Gasteiger partial charge in [-0.05, 0) is 32.0 Å². The van der Waals surface area contributed by atoms with Crippen molar-refractivity contribution in [3.63, 3.8) is 0 Å². The average molecular weight is 260 g/mol. The molecule has 4 heteroatoms. The van der Waals surface area contributed by atoms with Gasteiger partial charge in [-0.15, -0.1) is 0 Å². The van der Waals surface area contributed by atoms with Gasteiger partial charge in [-0.25, -0.2) is 0 Å². The summed E-state index contributed by atoms with van der Waals surface area (Å²) in [7, 11) is 1.69. The number of carbonyl (C=O) groups excluding carboxylic acids is 1. The van der Waals surface area contributed by atoms with Crippen LogP contribution in [0.5, 0.6) is 0 Å². The van der Waals surface area contributed by atoms with Crippen LogP contribution < -0.4 is 5.32 Å². The largest absolute Gasteiger partial charge is 0.383 e. The molecular weight excluding hydrogens is 240 g/mol. The number of fused-ring (bicyclic) bond motifs is 1. The summed E-state index contributed by atoms with van der Waals surface area (Å²) in [5, 5.41) is 3.91. The van der Waals surface area contributed by atoms with Crippen molar-refractivity contribution in [2.45, 2.75) is 26.4 Å². The molecule has 0 aliphatic carbocycles. The minimum Gasteiger partial charge on any atom is -0.383 e. The first-order valence-corrected chi connectivity index (χ1v) is 6.51. The molecule has 0 atom stereocenters. The summed E-state index contributed by atoms with van der Waals surface area (Å²) < 4.78 is 7.20. The second-order valence-electron chi connectivity index (χ2n) is 4.87. The Morgan fingerprint density at radius 1 is 1.37 bits per heavy atom. The van der Waals surface area contributed by atoms with E-state index in [9.17, 15) is 4.79 Å². The minimum absolute atomic E-state index is 0.0231. The van der Waals surface area contributed by atoms with Gasteiger partial charge in [-0.2, -0.15) is 0 Å². The molecule has 0 aliphatic heterocycles.